The third-order valence-corrected chi connectivity index (χ3v) is 5.79. The molecule has 1 aromatic rings. The number of fused-ring (bicyclic) bond motifs is 2. The van der Waals surface area contributed by atoms with Crippen molar-refractivity contribution in [2.75, 3.05) is 33.7 Å². The molecule has 1 saturated heterocycles. The van der Waals surface area contributed by atoms with E-state index in [-0.39, 0.29) is 0 Å². The highest BCUT2D eigenvalue weighted by Crippen LogP contribution is 2.47. The van der Waals surface area contributed by atoms with Gasteiger partial charge in [0.15, 0.2) is 0 Å². The van der Waals surface area contributed by atoms with E-state index in [2.05, 4.69) is 34.1 Å². The average Bonchev–Trinajstić information content (AvgIpc) is 2.71. The number of hydrogen-bond acceptors (Lipinski definition) is 4. The fourth-order valence-corrected chi connectivity index (χ4v) is 5.19. The first-order chi connectivity index (χ1) is 7.70. The minimum atomic E-state index is 0.446. The van der Waals surface area contributed by atoms with E-state index in [1.807, 2.05) is 23.3 Å². The van der Waals surface area contributed by atoms with Crippen LogP contribution in [0.1, 0.15) is 18.4 Å². The number of nitrogens with zero attached hydrogens (tertiary/aromatic N) is 2. The highest BCUT2D eigenvalue weighted by molar-refractivity contribution is 7.97. The van der Waals surface area contributed by atoms with Crippen LogP contribution < -0.4 is 0 Å². The molecule has 0 unspecified atom stereocenters. The molecule has 0 N–H and O–H groups in total. The number of rotatable bonds is 0. The summed E-state index contributed by atoms with van der Waals surface area (Å²) in [6.07, 6.45) is 2.64. The molecule has 1 spiro atoms. The Kier molecular flexibility index (Phi) is 2.78. The molecule has 2 nitrogen and oxygen atoms in total. The van der Waals surface area contributed by atoms with E-state index in [1.165, 1.54) is 37.4 Å². The fourth-order valence-electron chi connectivity index (χ4n) is 2.93. The zero-order chi connectivity index (χ0) is 11.2. The summed E-state index contributed by atoms with van der Waals surface area (Å²) < 4.78 is 2.42. The third kappa shape index (κ3) is 1.72. The van der Waals surface area contributed by atoms with Gasteiger partial charge in [-0.2, -0.15) is 11.3 Å². The molecule has 2 aliphatic rings. The van der Waals surface area contributed by atoms with E-state index in [0.29, 0.717) is 5.41 Å². The molecular formula is C12H18N2S2. The molecule has 1 fully saturated rings. The quantitative estimate of drug-likeness (QED) is 0.657. The molecule has 0 radical (unpaired) electrons. The van der Waals surface area contributed by atoms with Gasteiger partial charge in [-0.1, -0.05) is 0 Å². The lowest BCUT2D eigenvalue weighted by Gasteiger charge is -2.45. The normalized spacial score (nSPS) is 25.9. The Morgan fingerprint density at radius 2 is 1.94 bits per heavy atom. The molecule has 1 aromatic heterocycles. The minimum absolute atomic E-state index is 0.446. The minimum Gasteiger partial charge on any atom is -0.306 e. The van der Waals surface area contributed by atoms with Crippen LogP contribution in [0.5, 0.6) is 0 Å². The first-order valence-corrected chi connectivity index (χ1v) is 7.56. The molecule has 0 saturated carbocycles. The van der Waals surface area contributed by atoms with Gasteiger partial charge in [-0.3, -0.25) is 0 Å². The standard InChI is InChI=1S/C12H18N2S2/c1-13-5-3-12(4-6-13)9-14(2)16-11-8-15-7-10(11)12/h7-8H,3-6,9H2,1-2H3. The van der Waals surface area contributed by atoms with E-state index in [9.17, 15) is 0 Å². The highest BCUT2D eigenvalue weighted by atomic mass is 32.2. The first-order valence-electron chi connectivity index (χ1n) is 5.84. The van der Waals surface area contributed by atoms with E-state index in [4.69, 9.17) is 0 Å². The molecule has 88 valence electrons. The Hall–Kier alpha value is -0.0300. The Morgan fingerprint density at radius 3 is 2.69 bits per heavy atom. The lowest BCUT2D eigenvalue weighted by Crippen LogP contribution is -2.47. The second-order valence-electron chi connectivity index (χ2n) is 5.11. The third-order valence-electron chi connectivity index (χ3n) is 3.92. The summed E-state index contributed by atoms with van der Waals surface area (Å²) in [5, 5.41) is 4.70. The zero-order valence-electron chi connectivity index (χ0n) is 9.90. The van der Waals surface area contributed by atoms with Crippen molar-refractivity contribution in [2.45, 2.75) is 23.2 Å². The van der Waals surface area contributed by atoms with Gasteiger partial charge in [0, 0.05) is 22.2 Å². The average molecular weight is 254 g/mol. The molecule has 0 bridgehead atoms. The second-order valence-corrected chi connectivity index (χ2v) is 7.10. The highest BCUT2D eigenvalue weighted by Gasteiger charge is 2.41. The van der Waals surface area contributed by atoms with Crippen LogP contribution in [0.4, 0.5) is 0 Å². The predicted octanol–water partition coefficient (Wildman–Crippen LogP) is 2.66. The van der Waals surface area contributed by atoms with Crippen LogP contribution >= 0.6 is 23.3 Å². The van der Waals surface area contributed by atoms with Crippen LogP contribution in [0.2, 0.25) is 0 Å². The molecule has 0 aliphatic carbocycles. The van der Waals surface area contributed by atoms with Crippen LogP contribution in [-0.2, 0) is 5.41 Å². The summed E-state index contributed by atoms with van der Waals surface area (Å²) in [5.74, 6) is 0. The molecule has 3 rings (SSSR count). The maximum absolute atomic E-state index is 2.46. The number of piperidine rings is 1. The van der Waals surface area contributed by atoms with Crippen molar-refractivity contribution < 1.29 is 0 Å². The SMILES string of the molecule is CN1CCC2(CC1)CN(C)Sc1cscc12. The van der Waals surface area contributed by atoms with Crippen molar-refractivity contribution in [1.82, 2.24) is 9.21 Å². The van der Waals surface area contributed by atoms with E-state index in [0.717, 1.165) is 0 Å². The van der Waals surface area contributed by atoms with Gasteiger partial charge in [-0.15, -0.1) is 0 Å². The molecule has 3 heterocycles. The van der Waals surface area contributed by atoms with Crippen molar-refractivity contribution in [3.63, 3.8) is 0 Å². The first kappa shape index (κ1) is 11.1. The maximum Gasteiger partial charge on any atom is 0.0375 e. The van der Waals surface area contributed by atoms with Gasteiger partial charge in [0.2, 0.25) is 0 Å². The summed E-state index contributed by atoms with van der Waals surface area (Å²) in [7, 11) is 4.47. The van der Waals surface area contributed by atoms with Crippen molar-refractivity contribution in [1.29, 1.82) is 0 Å². The summed E-state index contributed by atoms with van der Waals surface area (Å²) in [4.78, 5) is 3.96. The Morgan fingerprint density at radius 1 is 1.19 bits per heavy atom. The van der Waals surface area contributed by atoms with Gasteiger partial charge >= 0.3 is 0 Å². The molecule has 2 aliphatic heterocycles. The van der Waals surface area contributed by atoms with Gasteiger partial charge in [0.05, 0.1) is 0 Å². The van der Waals surface area contributed by atoms with E-state index >= 15 is 0 Å². The molecular weight excluding hydrogens is 236 g/mol. The summed E-state index contributed by atoms with van der Waals surface area (Å²) in [5.41, 5.74) is 2.08. The van der Waals surface area contributed by atoms with Crippen LogP contribution in [0, 0.1) is 0 Å². The van der Waals surface area contributed by atoms with Gasteiger partial charge < -0.3 is 4.90 Å². The van der Waals surface area contributed by atoms with Crippen molar-refractivity contribution in [3.05, 3.63) is 16.3 Å². The van der Waals surface area contributed by atoms with Crippen LogP contribution in [0.3, 0.4) is 0 Å². The lowest BCUT2D eigenvalue weighted by molar-refractivity contribution is 0.166. The Labute approximate surface area is 106 Å². The molecule has 0 amide bonds. The molecule has 4 heteroatoms. The lowest BCUT2D eigenvalue weighted by atomic mass is 9.73. The van der Waals surface area contributed by atoms with Gasteiger partial charge in [-0.05, 0) is 62.9 Å². The summed E-state index contributed by atoms with van der Waals surface area (Å²) in [6, 6.07) is 0. The number of likely N-dealkylation sites (tertiary alicyclic amines) is 1. The van der Waals surface area contributed by atoms with Gasteiger partial charge in [0.1, 0.15) is 0 Å². The van der Waals surface area contributed by atoms with Crippen molar-refractivity contribution in [2.24, 2.45) is 0 Å². The molecule has 16 heavy (non-hydrogen) atoms. The van der Waals surface area contributed by atoms with E-state index < -0.39 is 0 Å². The van der Waals surface area contributed by atoms with Crippen molar-refractivity contribution >= 4 is 23.3 Å². The molecule has 0 aromatic carbocycles. The molecule has 0 atom stereocenters. The number of likely N-dealkylation sites (N-methyl/N-ethyl adjacent to an activating group) is 1. The van der Waals surface area contributed by atoms with E-state index in [1.54, 1.807) is 5.56 Å². The monoisotopic (exact) mass is 254 g/mol. The predicted molar refractivity (Wildman–Crippen MR) is 71.2 cm³/mol. The zero-order valence-corrected chi connectivity index (χ0v) is 11.5. The smallest absolute Gasteiger partial charge is 0.0375 e. The van der Waals surface area contributed by atoms with Crippen molar-refractivity contribution in [3.8, 4) is 0 Å². The number of thiophene rings is 1. The van der Waals surface area contributed by atoms with Crippen LogP contribution in [0.25, 0.3) is 0 Å². The van der Waals surface area contributed by atoms with Gasteiger partial charge in [0.25, 0.3) is 0 Å². The Bertz CT molecular complexity index is 380. The van der Waals surface area contributed by atoms with Crippen LogP contribution in [-0.4, -0.2) is 42.9 Å². The second kappa shape index (κ2) is 4.02. The number of hydrogen-bond donors (Lipinski definition) is 0. The Balaban J connectivity index is 1.96. The topological polar surface area (TPSA) is 6.48 Å². The largest absolute Gasteiger partial charge is 0.306 e. The van der Waals surface area contributed by atoms with Crippen LogP contribution in [0.15, 0.2) is 15.7 Å². The van der Waals surface area contributed by atoms with Gasteiger partial charge in [-0.25, -0.2) is 4.31 Å². The maximum atomic E-state index is 2.46. The fraction of sp³-hybridized carbons (Fsp3) is 0.667. The summed E-state index contributed by atoms with van der Waals surface area (Å²) in [6.45, 7) is 3.71. The summed E-state index contributed by atoms with van der Waals surface area (Å²) >= 11 is 3.78.